The molecular formula is C17H11F4IN4. The zero-order chi connectivity index (χ0) is 18.7. The monoisotopic (exact) mass is 474 g/mol. The summed E-state index contributed by atoms with van der Waals surface area (Å²) in [5, 5.41) is 5.41. The van der Waals surface area contributed by atoms with Crippen molar-refractivity contribution in [3.63, 3.8) is 0 Å². The zero-order valence-corrected chi connectivity index (χ0v) is 15.1. The Hall–Kier alpha value is -2.43. The molecule has 0 saturated carbocycles. The van der Waals surface area contributed by atoms with E-state index in [-0.39, 0.29) is 11.8 Å². The minimum absolute atomic E-state index is 0.0439. The van der Waals surface area contributed by atoms with Crippen LogP contribution in [0, 0.1) is 9.39 Å². The van der Waals surface area contributed by atoms with Crippen molar-refractivity contribution in [2.45, 2.75) is 6.18 Å². The maximum Gasteiger partial charge on any atom is 0.421 e. The number of nitrogens with zero attached hydrogens (tertiary/aromatic N) is 2. The molecule has 1 aromatic heterocycles. The van der Waals surface area contributed by atoms with E-state index in [0.717, 1.165) is 3.57 Å². The van der Waals surface area contributed by atoms with Crippen LogP contribution in [0.4, 0.5) is 40.7 Å². The minimum Gasteiger partial charge on any atom is -0.340 e. The molecule has 1 heterocycles. The standard InChI is InChI=1S/C17H11F4IN4/c18-10-1-5-13(6-2-10)25-16-23-9-14(17(19,20)21)15(26-16)24-12-7-3-11(22)4-8-12/h1-9H,(H2,23,24,25,26). The lowest BCUT2D eigenvalue weighted by atomic mass is 10.2. The van der Waals surface area contributed by atoms with Crippen molar-refractivity contribution < 1.29 is 17.6 Å². The van der Waals surface area contributed by atoms with Gasteiger partial charge in [-0.25, -0.2) is 9.37 Å². The lowest BCUT2D eigenvalue weighted by Crippen LogP contribution is -2.12. The van der Waals surface area contributed by atoms with Gasteiger partial charge in [-0.3, -0.25) is 0 Å². The lowest BCUT2D eigenvalue weighted by Gasteiger charge is -2.15. The summed E-state index contributed by atoms with van der Waals surface area (Å²) in [6, 6.07) is 12.1. The van der Waals surface area contributed by atoms with Gasteiger partial charge in [-0.05, 0) is 71.1 Å². The Morgan fingerprint density at radius 2 is 1.42 bits per heavy atom. The average molecular weight is 474 g/mol. The summed E-state index contributed by atoms with van der Waals surface area (Å²) in [5.41, 5.74) is -0.0746. The van der Waals surface area contributed by atoms with Gasteiger partial charge < -0.3 is 10.6 Å². The van der Waals surface area contributed by atoms with Gasteiger partial charge in [0.15, 0.2) is 0 Å². The Morgan fingerprint density at radius 1 is 0.846 bits per heavy atom. The van der Waals surface area contributed by atoms with Crippen LogP contribution in [0.5, 0.6) is 0 Å². The van der Waals surface area contributed by atoms with Gasteiger partial charge in [0.05, 0.1) is 0 Å². The fourth-order valence-electron chi connectivity index (χ4n) is 2.08. The van der Waals surface area contributed by atoms with Crippen molar-refractivity contribution in [2.75, 3.05) is 10.6 Å². The third-order valence-corrected chi connectivity index (χ3v) is 4.02. The molecule has 0 aliphatic heterocycles. The third kappa shape index (κ3) is 4.59. The number of rotatable bonds is 4. The van der Waals surface area contributed by atoms with Gasteiger partial charge in [-0.2, -0.15) is 18.2 Å². The van der Waals surface area contributed by atoms with E-state index < -0.39 is 17.6 Å². The number of halogens is 5. The molecular weight excluding hydrogens is 463 g/mol. The van der Waals surface area contributed by atoms with Crippen molar-refractivity contribution >= 4 is 45.7 Å². The summed E-state index contributed by atoms with van der Waals surface area (Å²) >= 11 is 2.10. The van der Waals surface area contributed by atoms with E-state index >= 15 is 0 Å². The van der Waals surface area contributed by atoms with Crippen molar-refractivity contribution in [1.29, 1.82) is 0 Å². The van der Waals surface area contributed by atoms with Gasteiger partial charge in [-0.15, -0.1) is 0 Å². The first-order chi connectivity index (χ1) is 12.3. The maximum absolute atomic E-state index is 13.2. The molecule has 2 N–H and O–H groups in total. The van der Waals surface area contributed by atoms with E-state index in [9.17, 15) is 17.6 Å². The molecule has 134 valence electrons. The number of aromatic nitrogens is 2. The molecule has 0 amide bonds. The molecule has 0 bridgehead atoms. The van der Waals surface area contributed by atoms with Crippen molar-refractivity contribution in [3.8, 4) is 0 Å². The van der Waals surface area contributed by atoms with E-state index in [1.54, 1.807) is 24.3 Å². The van der Waals surface area contributed by atoms with Crippen LogP contribution < -0.4 is 10.6 Å². The molecule has 4 nitrogen and oxygen atoms in total. The van der Waals surface area contributed by atoms with Gasteiger partial charge in [0, 0.05) is 21.1 Å². The van der Waals surface area contributed by atoms with E-state index in [2.05, 4.69) is 43.2 Å². The van der Waals surface area contributed by atoms with E-state index in [1.165, 1.54) is 24.3 Å². The van der Waals surface area contributed by atoms with Crippen LogP contribution in [0.25, 0.3) is 0 Å². The lowest BCUT2D eigenvalue weighted by molar-refractivity contribution is -0.137. The molecule has 0 radical (unpaired) electrons. The summed E-state index contributed by atoms with van der Waals surface area (Å²) in [5.74, 6) is -0.846. The Kier molecular flexibility index (Phi) is 5.25. The smallest absolute Gasteiger partial charge is 0.340 e. The van der Waals surface area contributed by atoms with Crippen LogP contribution in [0.1, 0.15) is 5.56 Å². The predicted molar refractivity (Wildman–Crippen MR) is 99.2 cm³/mol. The van der Waals surface area contributed by atoms with Crippen molar-refractivity contribution in [2.24, 2.45) is 0 Å². The SMILES string of the molecule is Fc1ccc(Nc2ncc(C(F)(F)F)c(Nc3ccc(I)cc3)n2)cc1. The molecule has 3 aromatic rings. The van der Waals surface area contributed by atoms with Crippen LogP contribution in [0.3, 0.4) is 0 Å². The van der Waals surface area contributed by atoms with Gasteiger partial charge >= 0.3 is 6.18 Å². The summed E-state index contributed by atoms with van der Waals surface area (Å²) < 4.78 is 53.6. The highest BCUT2D eigenvalue weighted by molar-refractivity contribution is 14.1. The Bertz CT molecular complexity index is 896. The first-order valence-electron chi connectivity index (χ1n) is 7.31. The van der Waals surface area contributed by atoms with Crippen LogP contribution in [-0.2, 0) is 6.18 Å². The van der Waals surface area contributed by atoms with Crippen LogP contribution in [0.2, 0.25) is 0 Å². The van der Waals surface area contributed by atoms with Gasteiger partial charge in [0.1, 0.15) is 17.2 Å². The van der Waals surface area contributed by atoms with Crippen molar-refractivity contribution in [3.05, 3.63) is 69.7 Å². The fraction of sp³-hybridized carbons (Fsp3) is 0.0588. The highest BCUT2D eigenvalue weighted by Gasteiger charge is 2.35. The van der Waals surface area contributed by atoms with Crippen LogP contribution in [-0.4, -0.2) is 9.97 Å². The number of hydrogen-bond acceptors (Lipinski definition) is 4. The molecule has 26 heavy (non-hydrogen) atoms. The van der Waals surface area contributed by atoms with Crippen LogP contribution in [0.15, 0.2) is 54.7 Å². The number of anilines is 4. The number of benzene rings is 2. The quantitative estimate of drug-likeness (QED) is 0.375. The van der Waals surface area contributed by atoms with Crippen molar-refractivity contribution in [1.82, 2.24) is 9.97 Å². The molecule has 0 atom stereocenters. The third-order valence-electron chi connectivity index (χ3n) is 3.30. The first-order valence-corrected chi connectivity index (χ1v) is 8.38. The zero-order valence-electron chi connectivity index (χ0n) is 13.0. The Labute approximate surface area is 159 Å². The second-order valence-corrected chi connectivity index (χ2v) is 6.46. The summed E-state index contributed by atoms with van der Waals surface area (Å²) in [6.45, 7) is 0. The highest BCUT2D eigenvalue weighted by atomic mass is 127. The molecule has 0 spiro atoms. The van der Waals surface area contributed by atoms with Gasteiger partial charge in [0.25, 0.3) is 0 Å². The van der Waals surface area contributed by atoms with E-state index in [0.29, 0.717) is 17.6 Å². The molecule has 2 aromatic carbocycles. The summed E-state index contributed by atoms with van der Waals surface area (Å²) in [6.07, 6.45) is -3.91. The Balaban J connectivity index is 1.93. The second-order valence-electron chi connectivity index (χ2n) is 5.22. The minimum atomic E-state index is -4.61. The first kappa shape index (κ1) is 18.4. The topological polar surface area (TPSA) is 49.8 Å². The fourth-order valence-corrected chi connectivity index (χ4v) is 2.44. The predicted octanol–water partition coefficient (Wildman–Crippen LogP) is 5.73. The second kappa shape index (κ2) is 7.44. The van der Waals surface area contributed by atoms with Gasteiger partial charge in [-0.1, -0.05) is 0 Å². The molecule has 3 rings (SSSR count). The number of hydrogen-bond donors (Lipinski definition) is 2. The molecule has 0 unspecified atom stereocenters. The van der Waals surface area contributed by atoms with Crippen LogP contribution >= 0.6 is 22.6 Å². The highest BCUT2D eigenvalue weighted by Crippen LogP contribution is 2.35. The average Bonchev–Trinajstić information content (AvgIpc) is 2.58. The molecule has 0 aliphatic carbocycles. The number of nitrogens with one attached hydrogen (secondary N) is 2. The molecule has 9 heteroatoms. The normalized spacial score (nSPS) is 11.3. The molecule has 0 aliphatic rings. The summed E-state index contributed by atoms with van der Waals surface area (Å²) in [4.78, 5) is 7.63. The van der Waals surface area contributed by atoms with E-state index in [4.69, 9.17) is 0 Å². The maximum atomic E-state index is 13.2. The Morgan fingerprint density at radius 3 is 2.04 bits per heavy atom. The molecule has 0 saturated heterocycles. The van der Waals surface area contributed by atoms with Gasteiger partial charge in [0.2, 0.25) is 5.95 Å². The van der Waals surface area contributed by atoms with E-state index in [1.807, 2.05) is 0 Å². The molecule has 0 fully saturated rings. The summed E-state index contributed by atoms with van der Waals surface area (Å²) in [7, 11) is 0. The number of alkyl halides is 3. The largest absolute Gasteiger partial charge is 0.421 e.